The predicted octanol–water partition coefficient (Wildman–Crippen LogP) is 3.04. The first-order valence-electron chi connectivity index (χ1n) is 5.53. The van der Waals surface area contributed by atoms with Gasteiger partial charge in [0.2, 0.25) is 0 Å². The first kappa shape index (κ1) is 13.8. The molecule has 2 aromatic rings. The van der Waals surface area contributed by atoms with Gasteiger partial charge in [0, 0.05) is 12.1 Å². The summed E-state index contributed by atoms with van der Waals surface area (Å²) in [6, 6.07) is 5.29. The molecule has 20 heavy (non-hydrogen) atoms. The maximum absolute atomic E-state index is 13.9. The van der Waals surface area contributed by atoms with Crippen LogP contribution in [0, 0.1) is 11.6 Å². The van der Waals surface area contributed by atoms with Crippen molar-refractivity contribution >= 4 is 5.97 Å². The zero-order valence-electron chi connectivity index (χ0n) is 10.4. The summed E-state index contributed by atoms with van der Waals surface area (Å²) in [5, 5.41) is 18.3. The fourth-order valence-electron chi connectivity index (χ4n) is 1.81. The number of phenols is 1. The summed E-state index contributed by atoms with van der Waals surface area (Å²) in [5.41, 5.74) is -0.803. The van der Waals surface area contributed by atoms with Gasteiger partial charge in [0.05, 0.1) is 12.7 Å². The Labute approximate surface area is 112 Å². The largest absolute Gasteiger partial charge is 0.507 e. The highest BCUT2D eigenvalue weighted by atomic mass is 19.1. The number of carbonyl (C=O) groups is 1. The normalized spacial score (nSPS) is 10.3. The van der Waals surface area contributed by atoms with Gasteiger partial charge in [-0.3, -0.25) is 0 Å². The van der Waals surface area contributed by atoms with E-state index in [1.54, 1.807) is 0 Å². The smallest absolute Gasteiger partial charge is 0.339 e. The van der Waals surface area contributed by atoms with Gasteiger partial charge in [-0.15, -0.1) is 0 Å². The van der Waals surface area contributed by atoms with Crippen molar-refractivity contribution < 1.29 is 28.5 Å². The maximum atomic E-state index is 13.9. The highest BCUT2D eigenvalue weighted by Crippen LogP contribution is 2.32. The van der Waals surface area contributed by atoms with Crippen LogP contribution < -0.4 is 4.74 Å². The minimum atomic E-state index is -1.39. The Morgan fingerprint density at radius 3 is 2.25 bits per heavy atom. The Bertz CT molecular complexity index is 660. The molecule has 2 aromatic carbocycles. The van der Waals surface area contributed by atoms with Crippen molar-refractivity contribution in [2.75, 3.05) is 7.11 Å². The summed E-state index contributed by atoms with van der Waals surface area (Å²) in [6.45, 7) is 0. The number of halogens is 2. The fraction of sp³-hybridized carbons (Fsp3) is 0.0714. The molecular formula is C14H10F2O4. The summed E-state index contributed by atoms with van der Waals surface area (Å²) in [4.78, 5) is 10.9. The van der Waals surface area contributed by atoms with E-state index in [1.165, 1.54) is 13.2 Å². The lowest BCUT2D eigenvalue weighted by atomic mass is 10.0. The van der Waals surface area contributed by atoms with E-state index < -0.39 is 28.9 Å². The molecule has 104 valence electrons. The third-order valence-electron chi connectivity index (χ3n) is 2.77. The number of carboxylic acids is 1. The Morgan fingerprint density at radius 2 is 1.75 bits per heavy atom. The van der Waals surface area contributed by atoms with Gasteiger partial charge in [0.15, 0.2) is 0 Å². The molecule has 0 radical (unpaired) electrons. The summed E-state index contributed by atoms with van der Waals surface area (Å²) in [6.07, 6.45) is 0. The SMILES string of the molecule is COc1cc(F)c(-c2ccc(O)c(C(=O)O)c2)c(F)c1. The Hall–Kier alpha value is -2.63. The number of aromatic hydroxyl groups is 1. The number of ether oxygens (including phenoxy) is 1. The van der Waals surface area contributed by atoms with Gasteiger partial charge in [0.25, 0.3) is 0 Å². The van der Waals surface area contributed by atoms with Crippen molar-refractivity contribution in [2.45, 2.75) is 0 Å². The highest BCUT2D eigenvalue weighted by Gasteiger charge is 2.17. The molecule has 4 nitrogen and oxygen atoms in total. The van der Waals surface area contributed by atoms with Gasteiger partial charge in [-0.2, -0.15) is 0 Å². The maximum Gasteiger partial charge on any atom is 0.339 e. The predicted molar refractivity (Wildman–Crippen MR) is 67.0 cm³/mol. The Balaban J connectivity index is 2.63. The fourth-order valence-corrected chi connectivity index (χ4v) is 1.81. The second kappa shape index (κ2) is 5.16. The molecule has 2 N–H and O–H groups in total. The van der Waals surface area contributed by atoms with Gasteiger partial charge >= 0.3 is 5.97 Å². The minimum Gasteiger partial charge on any atom is -0.507 e. The lowest BCUT2D eigenvalue weighted by Gasteiger charge is -2.09. The van der Waals surface area contributed by atoms with Crippen LogP contribution >= 0.6 is 0 Å². The van der Waals surface area contributed by atoms with Crippen LogP contribution in [0.4, 0.5) is 8.78 Å². The molecule has 0 aromatic heterocycles. The van der Waals surface area contributed by atoms with Gasteiger partial charge in [-0.05, 0) is 17.7 Å². The van der Waals surface area contributed by atoms with Crippen LogP contribution in [0.3, 0.4) is 0 Å². The van der Waals surface area contributed by atoms with Crippen LogP contribution in [0.15, 0.2) is 30.3 Å². The van der Waals surface area contributed by atoms with Gasteiger partial charge in [0.1, 0.15) is 28.7 Å². The Morgan fingerprint density at radius 1 is 1.15 bits per heavy atom. The first-order valence-corrected chi connectivity index (χ1v) is 5.53. The molecule has 0 fully saturated rings. The third kappa shape index (κ3) is 2.40. The summed E-state index contributed by atoms with van der Waals surface area (Å²) in [5.74, 6) is -3.62. The van der Waals surface area contributed by atoms with Crippen molar-refractivity contribution in [2.24, 2.45) is 0 Å². The van der Waals surface area contributed by atoms with E-state index >= 15 is 0 Å². The number of aromatic carboxylic acids is 1. The molecule has 0 saturated carbocycles. The van der Waals surface area contributed by atoms with Crippen molar-refractivity contribution in [1.29, 1.82) is 0 Å². The van der Waals surface area contributed by atoms with Crippen LogP contribution in [0.5, 0.6) is 11.5 Å². The standard InChI is InChI=1S/C14H10F2O4/c1-20-8-5-10(15)13(11(16)6-8)7-2-3-12(17)9(4-7)14(18)19/h2-6,17H,1H3,(H,18,19). The molecule has 0 aliphatic heterocycles. The molecule has 6 heteroatoms. The number of rotatable bonds is 3. The van der Waals surface area contributed by atoms with Gasteiger partial charge in [-0.1, -0.05) is 6.07 Å². The molecule has 0 aliphatic rings. The lowest BCUT2D eigenvalue weighted by Crippen LogP contribution is -1.99. The second-order valence-corrected chi connectivity index (χ2v) is 4.00. The molecule has 0 atom stereocenters. The van der Waals surface area contributed by atoms with E-state index in [0.717, 1.165) is 24.3 Å². The average Bonchev–Trinajstić information content (AvgIpc) is 2.39. The summed E-state index contributed by atoms with van der Waals surface area (Å²) < 4.78 is 32.5. The van der Waals surface area contributed by atoms with Crippen LogP contribution in [0.2, 0.25) is 0 Å². The number of carboxylic acid groups (broad SMARTS) is 1. The molecule has 0 aliphatic carbocycles. The molecule has 0 amide bonds. The van der Waals surface area contributed by atoms with E-state index in [2.05, 4.69) is 0 Å². The van der Waals surface area contributed by atoms with Gasteiger partial charge < -0.3 is 14.9 Å². The molecule has 0 heterocycles. The van der Waals surface area contributed by atoms with E-state index in [0.29, 0.717) is 0 Å². The van der Waals surface area contributed by atoms with Crippen molar-refractivity contribution in [3.05, 3.63) is 47.5 Å². The van der Waals surface area contributed by atoms with Crippen LogP contribution in [0.1, 0.15) is 10.4 Å². The zero-order chi connectivity index (χ0) is 14.9. The van der Waals surface area contributed by atoms with E-state index in [-0.39, 0.29) is 16.9 Å². The van der Waals surface area contributed by atoms with Gasteiger partial charge in [-0.25, -0.2) is 13.6 Å². The summed E-state index contributed by atoms with van der Waals surface area (Å²) >= 11 is 0. The van der Waals surface area contributed by atoms with E-state index in [1.807, 2.05) is 0 Å². The number of methoxy groups -OCH3 is 1. The number of hydrogen-bond donors (Lipinski definition) is 2. The quantitative estimate of drug-likeness (QED) is 0.906. The second-order valence-electron chi connectivity index (χ2n) is 4.00. The molecule has 0 spiro atoms. The van der Waals surface area contributed by atoms with E-state index in [9.17, 15) is 18.7 Å². The molecule has 0 bridgehead atoms. The van der Waals surface area contributed by atoms with Crippen molar-refractivity contribution in [3.63, 3.8) is 0 Å². The molecular weight excluding hydrogens is 270 g/mol. The zero-order valence-corrected chi connectivity index (χ0v) is 10.4. The third-order valence-corrected chi connectivity index (χ3v) is 2.77. The average molecular weight is 280 g/mol. The first-order chi connectivity index (χ1) is 9.43. The van der Waals surface area contributed by atoms with Crippen LogP contribution in [-0.2, 0) is 0 Å². The van der Waals surface area contributed by atoms with Crippen molar-refractivity contribution in [1.82, 2.24) is 0 Å². The van der Waals surface area contributed by atoms with Crippen LogP contribution in [-0.4, -0.2) is 23.3 Å². The Kier molecular flexibility index (Phi) is 3.56. The summed E-state index contributed by atoms with van der Waals surface area (Å²) in [7, 11) is 1.27. The minimum absolute atomic E-state index is 0.0119. The topological polar surface area (TPSA) is 66.8 Å². The highest BCUT2D eigenvalue weighted by molar-refractivity contribution is 5.92. The number of benzene rings is 2. The molecule has 2 rings (SSSR count). The van der Waals surface area contributed by atoms with E-state index in [4.69, 9.17) is 9.84 Å². The van der Waals surface area contributed by atoms with Crippen molar-refractivity contribution in [3.8, 4) is 22.6 Å². The lowest BCUT2D eigenvalue weighted by molar-refractivity contribution is 0.0693. The molecule has 0 unspecified atom stereocenters. The van der Waals surface area contributed by atoms with Crippen LogP contribution in [0.25, 0.3) is 11.1 Å². The monoisotopic (exact) mass is 280 g/mol. The molecule has 0 saturated heterocycles. The number of hydrogen-bond acceptors (Lipinski definition) is 3.